The fraction of sp³-hybridized carbons (Fsp3) is 0.304. The highest BCUT2D eigenvalue weighted by molar-refractivity contribution is 14.1. The number of aromatic amines is 1. The Balaban J connectivity index is 1.51. The minimum absolute atomic E-state index is 0.185. The fourth-order valence-electron chi connectivity index (χ4n) is 3.86. The fourth-order valence-corrected chi connectivity index (χ4v) is 4.35. The molecule has 0 amide bonds. The Labute approximate surface area is 194 Å². The molecule has 0 spiro atoms. The largest absolute Gasteiger partial charge is 0.494 e. The average molecular weight is 532 g/mol. The van der Waals surface area contributed by atoms with Crippen molar-refractivity contribution in [3.8, 4) is 5.88 Å². The molecule has 3 N–H and O–H groups in total. The minimum Gasteiger partial charge on any atom is -0.494 e. The summed E-state index contributed by atoms with van der Waals surface area (Å²) < 4.78 is 0.975. The summed E-state index contributed by atoms with van der Waals surface area (Å²) in [7, 11) is 0. The number of nitrogens with zero attached hydrogens (tertiary/aromatic N) is 3. The standard InChI is InChI=1S/C23H25IN4O3/c1-15(14-29)27-8-10-28(11-9-27)18-5-3-17(4-6-18)25-13-21-20-12-16(24)2-7-19(20)22(30)26-23(21)31/h2-7,12-13,15,29H,8-11,14H2,1H3,(H2,26,30,31). The number of H-pyrrole nitrogens is 1. The topological polar surface area (TPSA) is 92.2 Å². The molecule has 1 aliphatic heterocycles. The molecule has 0 saturated carbocycles. The first-order valence-corrected chi connectivity index (χ1v) is 11.3. The number of nitrogens with one attached hydrogen (secondary N) is 1. The number of anilines is 1. The van der Waals surface area contributed by atoms with Gasteiger partial charge in [-0.2, -0.15) is 0 Å². The van der Waals surface area contributed by atoms with E-state index in [4.69, 9.17) is 0 Å². The van der Waals surface area contributed by atoms with Gasteiger partial charge in [0.25, 0.3) is 5.56 Å². The van der Waals surface area contributed by atoms with Crippen molar-refractivity contribution in [2.45, 2.75) is 13.0 Å². The van der Waals surface area contributed by atoms with E-state index in [-0.39, 0.29) is 24.1 Å². The first-order chi connectivity index (χ1) is 15.0. The molecule has 31 heavy (non-hydrogen) atoms. The molecule has 1 atom stereocenters. The molecule has 8 heteroatoms. The van der Waals surface area contributed by atoms with E-state index in [1.807, 2.05) is 43.3 Å². The van der Waals surface area contributed by atoms with Crippen molar-refractivity contribution < 1.29 is 10.2 Å². The van der Waals surface area contributed by atoms with Gasteiger partial charge in [0.15, 0.2) is 0 Å². The Hall–Kier alpha value is -2.43. The molecule has 162 valence electrons. The van der Waals surface area contributed by atoms with Crippen LogP contribution in [0.2, 0.25) is 0 Å². The van der Waals surface area contributed by atoms with Gasteiger partial charge >= 0.3 is 0 Å². The van der Waals surface area contributed by atoms with E-state index in [9.17, 15) is 15.0 Å². The average Bonchev–Trinajstić information content (AvgIpc) is 2.78. The number of halogens is 1. The van der Waals surface area contributed by atoms with Gasteiger partial charge in [-0.05, 0) is 72.0 Å². The molecule has 3 aromatic rings. The molecule has 4 rings (SSSR count). The van der Waals surface area contributed by atoms with Crippen LogP contribution in [0.1, 0.15) is 12.5 Å². The van der Waals surface area contributed by atoms with Crippen LogP contribution in [0.3, 0.4) is 0 Å². The van der Waals surface area contributed by atoms with E-state index < -0.39 is 0 Å². The molecule has 1 aliphatic rings. The number of rotatable bonds is 5. The number of hydrogen-bond donors (Lipinski definition) is 3. The van der Waals surface area contributed by atoms with Gasteiger partial charge in [-0.3, -0.25) is 19.7 Å². The van der Waals surface area contributed by atoms with Crippen LogP contribution in [0.25, 0.3) is 10.8 Å². The van der Waals surface area contributed by atoms with Crippen molar-refractivity contribution in [2.75, 3.05) is 37.7 Å². The van der Waals surface area contributed by atoms with Crippen LogP contribution in [0, 0.1) is 3.57 Å². The van der Waals surface area contributed by atoms with Crippen LogP contribution in [-0.4, -0.2) is 65.1 Å². The zero-order valence-electron chi connectivity index (χ0n) is 17.3. The third-order valence-corrected chi connectivity index (χ3v) is 6.43. The van der Waals surface area contributed by atoms with Crippen LogP contribution < -0.4 is 10.5 Å². The molecule has 0 bridgehead atoms. The highest BCUT2D eigenvalue weighted by atomic mass is 127. The zero-order chi connectivity index (χ0) is 22.0. The summed E-state index contributed by atoms with van der Waals surface area (Å²) >= 11 is 2.18. The number of aromatic nitrogens is 1. The van der Waals surface area contributed by atoms with Crippen LogP contribution in [0.15, 0.2) is 52.3 Å². The lowest BCUT2D eigenvalue weighted by atomic mass is 10.1. The molecule has 1 fully saturated rings. The van der Waals surface area contributed by atoms with Gasteiger partial charge in [0.05, 0.1) is 17.9 Å². The molecule has 2 aromatic carbocycles. The predicted molar refractivity (Wildman–Crippen MR) is 133 cm³/mol. The SMILES string of the molecule is CC(CO)N1CCN(c2ccc(N=Cc3c(O)[nH]c(=O)c4ccc(I)cc34)cc2)CC1. The third kappa shape index (κ3) is 4.76. The maximum atomic E-state index is 12.1. The number of aliphatic hydroxyl groups is 1. The highest BCUT2D eigenvalue weighted by Gasteiger charge is 2.20. The minimum atomic E-state index is -0.320. The molecule has 0 radical (unpaired) electrons. The van der Waals surface area contributed by atoms with Gasteiger partial charge in [0.1, 0.15) is 0 Å². The van der Waals surface area contributed by atoms with E-state index in [0.717, 1.165) is 41.1 Å². The maximum Gasteiger partial charge on any atom is 0.258 e. The van der Waals surface area contributed by atoms with Crippen molar-refractivity contribution >= 4 is 51.0 Å². The van der Waals surface area contributed by atoms with E-state index in [1.54, 1.807) is 12.3 Å². The summed E-state index contributed by atoms with van der Waals surface area (Å²) in [5.74, 6) is -0.185. The van der Waals surface area contributed by atoms with Gasteiger partial charge in [-0.1, -0.05) is 0 Å². The quantitative estimate of drug-likeness (QED) is 0.347. The third-order valence-electron chi connectivity index (χ3n) is 5.76. The molecule has 1 saturated heterocycles. The first kappa shape index (κ1) is 21.8. The molecular weight excluding hydrogens is 507 g/mol. The molecule has 0 aliphatic carbocycles. The van der Waals surface area contributed by atoms with Gasteiger partial charge in [-0.15, -0.1) is 0 Å². The number of piperazine rings is 1. The molecule has 2 heterocycles. The first-order valence-electron chi connectivity index (χ1n) is 10.2. The van der Waals surface area contributed by atoms with Crippen molar-refractivity contribution in [1.29, 1.82) is 0 Å². The molecule has 1 unspecified atom stereocenters. The van der Waals surface area contributed by atoms with Crippen molar-refractivity contribution in [3.05, 3.63) is 62.0 Å². The van der Waals surface area contributed by atoms with Gasteiger partial charge in [-0.25, -0.2) is 0 Å². The number of pyridine rings is 1. The van der Waals surface area contributed by atoms with Crippen LogP contribution in [0.5, 0.6) is 5.88 Å². The van der Waals surface area contributed by atoms with Crippen LogP contribution in [0.4, 0.5) is 11.4 Å². The van der Waals surface area contributed by atoms with E-state index >= 15 is 0 Å². The smallest absolute Gasteiger partial charge is 0.258 e. The normalized spacial score (nSPS) is 16.3. The summed E-state index contributed by atoms with van der Waals surface area (Å²) in [5.41, 5.74) is 2.08. The Morgan fingerprint density at radius 2 is 1.84 bits per heavy atom. The number of benzene rings is 2. The van der Waals surface area contributed by atoms with E-state index in [1.165, 1.54) is 0 Å². The predicted octanol–water partition coefficient (Wildman–Crippen LogP) is 3.09. The molecular formula is C23H25IN4O3. The summed E-state index contributed by atoms with van der Waals surface area (Å²) in [4.78, 5) is 23.8. The van der Waals surface area contributed by atoms with E-state index in [0.29, 0.717) is 16.3 Å². The summed E-state index contributed by atoms with van der Waals surface area (Å²) in [6, 6.07) is 13.7. The zero-order valence-corrected chi connectivity index (χ0v) is 19.4. The molecule has 7 nitrogen and oxygen atoms in total. The number of aromatic hydroxyl groups is 1. The summed E-state index contributed by atoms with van der Waals surface area (Å²) in [6.07, 6.45) is 1.59. The highest BCUT2D eigenvalue weighted by Crippen LogP contribution is 2.25. The van der Waals surface area contributed by atoms with Crippen molar-refractivity contribution in [2.24, 2.45) is 4.99 Å². The Kier molecular flexibility index (Phi) is 6.59. The van der Waals surface area contributed by atoms with Gasteiger partial charge in [0, 0.05) is 58.5 Å². The Morgan fingerprint density at radius 3 is 2.52 bits per heavy atom. The second-order valence-electron chi connectivity index (χ2n) is 7.74. The Bertz CT molecular complexity index is 1150. The maximum absolute atomic E-state index is 12.1. The number of hydrogen-bond acceptors (Lipinski definition) is 6. The Morgan fingerprint density at radius 1 is 1.13 bits per heavy atom. The van der Waals surface area contributed by atoms with Gasteiger partial charge < -0.3 is 15.1 Å². The van der Waals surface area contributed by atoms with Crippen LogP contribution >= 0.6 is 22.6 Å². The number of aliphatic hydroxyl groups excluding tert-OH is 1. The van der Waals surface area contributed by atoms with Crippen LogP contribution in [-0.2, 0) is 0 Å². The second-order valence-corrected chi connectivity index (χ2v) is 8.98. The lowest BCUT2D eigenvalue weighted by molar-refractivity contribution is 0.128. The summed E-state index contributed by atoms with van der Waals surface area (Å²) in [6.45, 7) is 5.93. The van der Waals surface area contributed by atoms with Gasteiger partial charge in [0.2, 0.25) is 5.88 Å². The van der Waals surface area contributed by atoms with Crippen molar-refractivity contribution in [1.82, 2.24) is 9.88 Å². The second kappa shape index (κ2) is 9.37. The molecule has 1 aromatic heterocycles. The van der Waals surface area contributed by atoms with Crippen molar-refractivity contribution in [3.63, 3.8) is 0 Å². The monoisotopic (exact) mass is 532 g/mol. The number of fused-ring (bicyclic) bond motifs is 1. The lowest BCUT2D eigenvalue weighted by Gasteiger charge is -2.38. The lowest BCUT2D eigenvalue weighted by Crippen LogP contribution is -2.50. The summed E-state index contributed by atoms with van der Waals surface area (Å²) in [5, 5.41) is 20.8. The number of aliphatic imine (C=N–C) groups is 1. The van der Waals surface area contributed by atoms with E-state index in [2.05, 4.69) is 42.4 Å².